The molecule has 0 radical (unpaired) electrons. The van der Waals surface area contributed by atoms with E-state index in [9.17, 15) is 9.59 Å². The molecule has 170 valence electrons. The number of oxazole rings is 1. The molecule has 1 aromatic heterocycles. The van der Waals surface area contributed by atoms with Crippen LogP contribution in [0.3, 0.4) is 0 Å². The number of hydrogen-bond acceptors (Lipinski definition) is 6. The lowest BCUT2D eigenvalue weighted by Crippen LogP contribution is -2.40. The van der Waals surface area contributed by atoms with Gasteiger partial charge in [-0.05, 0) is 90.6 Å². The molecule has 31 heavy (non-hydrogen) atoms. The largest absolute Gasteiger partial charge is 0.460 e. The number of esters is 1. The van der Waals surface area contributed by atoms with Gasteiger partial charge in [0.25, 0.3) is 0 Å². The number of nitrogens with zero attached hydrogens (tertiary/aromatic N) is 2. The molecular weight excluding hydrogens is 394 g/mol. The number of hydrogen-bond donors (Lipinski definition) is 1. The number of piperidine rings is 2. The Morgan fingerprint density at radius 1 is 1.13 bits per heavy atom. The summed E-state index contributed by atoms with van der Waals surface area (Å²) in [5.74, 6) is 0.367. The van der Waals surface area contributed by atoms with Crippen LogP contribution >= 0.6 is 0 Å². The normalized spacial score (nSPS) is 19.8. The quantitative estimate of drug-likeness (QED) is 0.729. The van der Waals surface area contributed by atoms with Crippen molar-refractivity contribution in [2.75, 3.05) is 37.6 Å². The van der Waals surface area contributed by atoms with Crippen LogP contribution in [-0.2, 0) is 9.53 Å². The fraction of sp³-hybridized carbons (Fsp3) is 0.667. The molecule has 0 saturated carbocycles. The molecule has 1 N–H and O–H groups in total. The number of rotatable bonds is 5. The fourth-order valence-corrected chi connectivity index (χ4v) is 4.75. The summed E-state index contributed by atoms with van der Waals surface area (Å²) in [5, 5.41) is 0. The number of fused-ring (bicyclic) bond motifs is 1. The Bertz CT molecular complexity index is 942. The molecule has 0 amide bonds. The SMILES string of the molecule is CC(C)(C)OC(=O)C1CCN(CCC2CCN(c3ccc4[nH]c(=O)oc4c3)CC2)CC1. The summed E-state index contributed by atoms with van der Waals surface area (Å²) in [6.07, 6.45) is 5.40. The predicted molar refractivity (Wildman–Crippen MR) is 121 cm³/mol. The van der Waals surface area contributed by atoms with Crippen LogP contribution in [0, 0.1) is 11.8 Å². The molecule has 1 aromatic carbocycles. The van der Waals surface area contributed by atoms with E-state index < -0.39 is 11.4 Å². The number of likely N-dealkylation sites (tertiary alicyclic amines) is 1. The van der Waals surface area contributed by atoms with Gasteiger partial charge in [0.05, 0.1) is 11.4 Å². The van der Waals surface area contributed by atoms with Crippen molar-refractivity contribution < 1.29 is 13.9 Å². The highest BCUT2D eigenvalue weighted by Crippen LogP contribution is 2.28. The zero-order valence-electron chi connectivity index (χ0n) is 19.0. The average Bonchev–Trinajstić information content (AvgIpc) is 3.11. The van der Waals surface area contributed by atoms with E-state index >= 15 is 0 Å². The first-order valence-electron chi connectivity index (χ1n) is 11.6. The zero-order chi connectivity index (χ0) is 22.0. The van der Waals surface area contributed by atoms with Gasteiger partial charge in [0, 0.05) is 24.8 Å². The van der Waals surface area contributed by atoms with E-state index in [1.54, 1.807) is 0 Å². The van der Waals surface area contributed by atoms with Crippen molar-refractivity contribution in [1.29, 1.82) is 0 Å². The molecule has 2 saturated heterocycles. The molecule has 2 aromatic rings. The number of aromatic amines is 1. The first-order valence-corrected chi connectivity index (χ1v) is 11.6. The van der Waals surface area contributed by atoms with Crippen LogP contribution in [0.4, 0.5) is 5.69 Å². The Morgan fingerprint density at radius 2 is 1.84 bits per heavy atom. The molecule has 2 aliphatic heterocycles. The second-order valence-electron chi connectivity index (χ2n) is 10.1. The lowest BCUT2D eigenvalue weighted by atomic mass is 9.92. The average molecular weight is 430 g/mol. The second-order valence-corrected chi connectivity index (χ2v) is 10.1. The molecule has 0 bridgehead atoms. The number of carbonyl (C=O) groups excluding carboxylic acids is 1. The number of ether oxygens (including phenoxy) is 1. The first kappa shape index (κ1) is 21.9. The summed E-state index contributed by atoms with van der Waals surface area (Å²) in [4.78, 5) is 31.2. The third-order valence-corrected chi connectivity index (χ3v) is 6.57. The monoisotopic (exact) mass is 429 g/mol. The first-order chi connectivity index (χ1) is 14.8. The summed E-state index contributed by atoms with van der Waals surface area (Å²) >= 11 is 0. The maximum Gasteiger partial charge on any atom is 0.417 e. The summed E-state index contributed by atoms with van der Waals surface area (Å²) in [6.45, 7) is 11.0. The summed E-state index contributed by atoms with van der Waals surface area (Å²) in [5.41, 5.74) is 2.10. The van der Waals surface area contributed by atoms with Crippen molar-refractivity contribution in [2.24, 2.45) is 11.8 Å². The minimum Gasteiger partial charge on any atom is -0.460 e. The molecule has 0 unspecified atom stereocenters. The van der Waals surface area contributed by atoms with E-state index in [1.165, 1.54) is 19.3 Å². The lowest BCUT2D eigenvalue weighted by molar-refractivity contribution is -0.161. The second kappa shape index (κ2) is 9.07. The van der Waals surface area contributed by atoms with E-state index in [1.807, 2.05) is 32.9 Å². The van der Waals surface area contributed by atoms with Gasteiger partial charge < -0.3 is 19.0 Å². The molecule has 3 heterocycles. The van der Waals surface area contributed by atoms with Crippen LogP contribution in [0.15, 0.2) is 27.4 Å². The van der Waals surface area contributed by atoms with Crippen molar-refractivity contribution in [3.05, 3.63) is 28.7 Å². The fourth-order valence-electron chi connectivity index (χ4n) is 4.75. The van der Waals surface area contributed by atoms with E-state index in [4.69, 9.17) is 9.15 Å². The predicted octanol–water partition coefficient (Wildman–Crippen LogP) is 3.78. The molecule has 7 heteroatoms. The van der Waals surface area contributed by atoms with Crippen LogP contribution in [0.25, 0.3) is 11.1 Å². The summed E-state index contributed by atoms with van der Waals surface area (Å²) in [6, 6.07) is 5.94. The van der Waals surface area contributed by atoms with Gasteiger partial charge in [-0.2, -0.15) is 0 Å². The number of anilines is 1. The number of benzene rings is 1. The number of nitrogens with one attached hydrogen (secondary N) is 1. The molecule has 0 aliphatic carbocycles. The Hall–Kier alpha value is -2.28. The molecular formula is C24H35N3O4. The molecule has 4 rings (SSSR count). The lowest BCUT2D eigenvalue weighted by Gasteiger charge is -2.36. The van der Waals surface area contributed by atoms with Gasteiger partial charge in [-0.3, -0.25) is 9.78 Å². The topological polar surface area (TPSA) is 78.8 Å². The summed E-state index contributed by atoms with van der Waals surface area (Å²) in [7, 11) is 0. The number of H-pyrrole nitrogens is 1. The number of aromatic nitrogens is 1. The van der Waals surface area contributed by atoms with Crippen LogP contribution in [0.1, 0.15) is 52.9 Å². The van der Waals surface area contributed by atoms with Gasteiger partial charge in [-0.1, -0.05) is 0 Å². The van der Waals surface area contributed by atoms with Gasteiger partial charge in [0.2, 0.25) is 0 Å². The Morgan fingerprint density at radius 3 is 2.52 bits per heavy atom. The highest BCUT2D eigenvalue weighted by Gasteiger charge is 2.29. The maximum atomic E-state index is 12.3. The van der Waals surface area contributed by atoms with Crippen LogP contribution < -0.4 is 10.7 Å². The zero-order valence-corrected chi connectivity index (χ0v) is 19.0. The van der Waals surface area contributed by atoms with Crippen molar-refractivity contribution in [3.63, 3.8) is 0 Å². The van der Waals surface area contributed by atoms with Crippen molar-refractivity contribution in [1.82, 2.24) is 9.88 Å². The smallest absolute Gasteiger partial charge is 0.417 e. The highest BCUT2D eigenvalue weighted by atomic mass is 16.6. The van der Waals surface area contributed by atoms with E-state index in [2.05, 4.69) is 20.9 Å². The molecule has 7 nitrogen and oxygen atoms in total. The Balaban J connectivity index is 1.18. The van der Waals surface area contributed by atoms with Gasteiger partial charge in [0.15, 0.2) is 5.58 Å². The van der Waals surface area contributed by atoms with E-state index in [0.29, 0.717) is 5.58 Å². The Labute approximate surface area is 183 Å². The van der Waals surface area contributed by atoms with Gasteiger partial charge in [-0.25, -0.2) is 4.79 Å². The van der Waals surface area contributed by atoms with Crippen molar-refractivity contribution >= 4 is 22.8 Å². The van der Waals surface area contributed by atoms with Gasteiger partial charge in [-0.15, -0.1) is 0 Å². The Kier molecular flexibility index (Phi) is 6.42. The minimum absolute atomic E-state index is 0.0309. The van der Waals surface area contributed by atoms with Crippen molar-refractivity contribution in [2.45, 2.75) is 58.5 Å². The molecule has 0 spiro atoms. The standard InChI is InChI=1S/C24H35N3O4/c1-24(2,3)31-22(28)18-9-12-26(13-10-18)11-6-17-7-14-27(15-8-17)19-4-5-20-21(16-19)30-23(29)25-20/h4-5,16-18H,6-15H2,1-3H3,(H,25,29). The molecule has 2 aliphatic rings. The third kappa shape index (κ3) is 5.70. The van der Waals surface area contributed by atoms with Gasteiger partial charge >= 0.3 is 11.7 Å². The third-order valence-electron chi connectivity index (χ3n) is 6.57. The van der Waals surface area contributed by atoms with E-state index in [0.717, 1.165) is 62.7 Å². The van der Waals surface area contributed by atoms with Crippen molar-refractivity contribution in [3.8, 4) is 0 Å². The van der Waals surface area contributed by atoms with Crippen LogP contribution in [0.5, 0.6) is 0 Å². The van der Waals surface area contributed by atoms with Gasteiger partial charge in [0.1, 0.15) is 5.60 Å². The van der Waals surface area contributed by atoms with E-state index in [-0.39, 0.29) is 11.9 Å². The molecule has 0 atom stereocenters. The minimum atomic E-state index is -0.402. The molecule has 2 fully saturated rings. The van der Waals surface area contributed by atoms with Crippen LogP contribution in [-0.4, -0.2) is 54.2 Å². The summed E-state index contributed by atoms with van der Waals surface area (Å²) < 4.78 is 10.8. The highest BCUT2D eigenvalue weighted by molar-refractivity contribution is 5.77. The van der Waals surface area contributed by atoms with Crippen LogP contribution in [0.2, 0.25) is 0 Å². The number of carbonyl (C=O) groups is 1. The maximum absolute atomic E-state index is 12.3.